The van der Waals surface area contributed by atoms with Crippen LogP contribution in [0.25, 0.3) is 11.1 Å². The van der Waals surface area contributed by atoms with Crippen molar-refractivity contribution in [3.63, 3.8) is 0 Å². The fraction of sp³-hybridized carbons (Fsp3) is 0.526. The number of nitrogens with one attached hydrogen (secondary N) is 3. The molecule has 0 bridgehead atoms. The van der Waals surface area contributed by atoms with E-state index in [4.69, 9.17) is 28.2 Å². The quantitative estimate of drug-likeness (QED) is 0.516. The summed E-state index contributed by atoms with van der Waals surface area (Å²) in [7, 11) is 0. The van der Waals surface area contributed by atoms with Crippen molar-refractivity contribution in [3.8, 4) is 0 Å². The van der Waals surface area contributed by atoms with E-state index >= 15 is 0 Å². The molecule has 1 saturated carbocycles. The Hall–Kier alpha value is -2.06. The van der Waals surface area contributed by atoms with Crippen LogP contribution in [0, 0.1) is 11.8 Å². The number of carbonyl (C=O) groups excluding carboxylic acids is 1. The Morgan fingerprint density at radius 1 is 1.32 bits per heavy atom. The van der Waals surface area contributed by atoms with E-state index in [1.165, 1.54) is 17.4 Å². The van der Waals surface area contributed by atoms with Crippen LogP contribution in [-0.2, 0) is 11.3 Å². The molecule has 1 heterocycles. The van der Waals surface area contributed by atoms with Gasteiger partial charge < -0.3 is 9.73 Å². The highest BCUT2D eigenvalue weighted by Crippen LogP contribution is 2.29. The van der Waals surface area contributed by atoms with Crippen LogP contribution in [0.5, 0.6) is 0 Å². The number of fused-ring (bicyclic) bond motifs is 1. The first-order valence-electron chi connectivity index (χ1n) is 9.49. The Balaban J connectivity index is 1.48. The molecule has 1 aliphatic carbocycles. The second kappa shape index (κ2) is 8.96. The van der Waals surface area contributed by atoms with Crippen LogP contribution in [0.4, 0.5) is 0 Å². The molecule has 0 saturated heterocycles. The zero-order valence-corrected chi connectivity index (χ0v) is 17.5. The smallest absolute Gasteiger partial charge is 0.408 e. The minimum Gasteiger partial charge on any atom is -0.408 e. The number of amides is 1. The number of benzene rings is 1. The summed E-state index contributed by atoms with van der Waals surface area (Å²) in [6, 6.07) is 5.26. The van der Waals surface area contributed by atoms with Gasteiger partial charge in [0.1, 0.15) is 0 Å². The summed E-state index contributed by atoms with van der Waals surface area (Å²) in [6.45, 7) is 4.67. The van der Waals surface area contributed by atoms with E-state index in [9.17, 15) is 9.59 Å². The molecule has 0 radical (unpaired) electrons. The van der Waals surface area contributed by atoms with E-state index in [1.54, 1.807) is 18.2 Å². The van der Waals surface area contributed by atoms with Crippen LogP contribution in [-0.4, -0.2) is 21.6 Å². The molecule has 1 amide bonds. The second-order valence-electron chi connectivity index (χ2n) is 7.40. The summed E-state index contributed by atoms with van der Waals surface area (Å²) < 4.78 is 6.57. The Kier molecular flexibility index (Phi) is 6.61. The number of nitrogens with zero attached hydrogens (tertiary/aromatic N) is 1. The van der Waals surface area contributed by atoms with Crippen molar-refractivity contribution >= 4 is 45.9 Å². The third kappa shape index (κ3) is 4.86. The minimum atomic E-state index is -0.518. The van der Waals surface area contributed by atoms with Gasteiger partial charge in [-0.2, -0.15) is 0 Å². The summed E-state index contributed by atoms with van der Waals surface area (Å²) in [4.78, 5) is 24.1. The maximum absolute atomic E-state index is 12.1. The molecule has 0 aliphatic heterocycles. The molecule has 1 aromatic heterocycles. The molecule has 28 heavy (non-hydrogen) atoms. The molecule has 1 fully saturated rings. The van der Waals surface area contributed by atoms with Crippen LogP contribution in [0.1, 0.15) is 39.5 Å². The van der Waals surface area contributed by atoms with Gasteiger partial charge in [0.05, 0.1) is 5.52 Å². The lowest BCUT2D eigenvalue weighted by atomic mass is 9.78. The van der Waals surface area contributed by atoms with E-state index in [2.05, 4.69) is 30.0 Å². The zero-order chi connectivity index (χ0) is 20.3. The molecule has 1 aromatic carbocycles. The van der Waals surface area contributed by atoms with E-state index < -0.39 is 5.76 Å². The van der Waals surface area contributed by atoms with Gasteiger partial charge in [-0.3, -0.25) is 20.2 Å². The van der Waals surface area contributed by atoms with Gasteiger partial charge in [0.15, 0.2) is 10.7 Å². The van der Waals surface area contributed by atoms with Crippen molar-refractivity contribution in [2.45, 2.75) is 52.1 Å². The first-order chi connectivity index (χ1) is 13.3. The lowest BCUT2D eigenvalue weighted by Gasteiger charge is -2.35. The van der Waals surface area contributed by atoms with Gasteiger partial charge in [-0.05, 0) is 42.6 Å². The fourth-order valence-corrected chi connectivity index (χ4v) is 4.01. The Morgan fingerprint density at radius 2 is 2.11 bits per heavy atom. The van der Waals surface area contributed by atoms with Crippen molar-refractivity contribution < 1.29 is 9.21 Å². The normalized spacial score (nSPS) is 22.0. The lowest BCUT2D eigenvalue weighted by Crippen LogP contribution is -2.52. The van der Waals surface area contributed by atoms with Gasteiger partial charge in [0, 0.05) is 30.1 Å². The molecule has 3 atom stereocenters. The van der Waals surface area contributed by atoms with Crippen molar-refractivity contribution in [1.82, 2.24) is 20.7 Å². The van der Waals surface area contributed by atoms with Crippen LogP contribution < -0.4 is 21.9 Å². The summed E-state index contributed by atoms with van der Waals surface area (Å²) in [5.74, 6) is 0.389. The maximum Gasteiger partial charge on any atom is 0.419 e. The van der Waals surface area contributed by atoms with Crippen LogP contribution in [0.3, 0.4) is 0 Å². The Morgan fingerprint density at radius 3 is 2.89 bits per heavy atom. The summed E-state index contributed by atoms with van der Waals surface area (Å²) >= 11 is 11.2. The van der Waals surface area contributed by atoms with Gasteiger partial charge in [0.25, 0.3) is 0 Å². The summed E-state index contributed by atoms with van der Waals surface area (Å²) in [6.07, 6.45) is 3.59. The predicted molar refractivity (Wildman–Crippen MR) is 113 cm³/mol. The van der Waals surface area contributed by atoms with Gasteiger partial charge in [-0.25, -0.2) is 4.79 Å². The lowest BCUT2D eigenvalue weighted by molar-refractivity contribution is -0.121. The standard InChI is InChI=1S/C19H25ClN4O3S/c1-11-4-3-5-14(12(11)2)21-18(28)23-22-17(25)8-9-24-15-7-6-13(20)10-16(15)27-19(24)26/h6-7,10-12,14H,3-5,8-9H2,1-2H3,(H,22,25)(H2,21,23,28)/t11-,12+,14+/m0/s1. The van der Waals surface area contributed by atoms with Crippen LogP contribution in [0.15, 0.2) is 27.4 Å². The monoisotopic (exact) mass is 424 g/mol. The number of hydrogen-bond acceptors (Lipinski definition) is 4. The van der Waals surface area contributed by atoms with Gasteiger partial charge in [-0.15, -0.1) is 0 Å². The average molecular weight is 425 g/mol. The summed E-state index contributed by atoms with van der Waals surface area (Å²) in [5, 5.41) is 4.17. The first kappa shape index (κ1) is 20.7. The highest BCUT2D eigenvalue weighted by Gasteiger charge is 2.27. The van der Waals surface area contributed by atoms with Crippen LogP contribution >= 0.6 is 23.8 Å². The molecule has 1 aliphatic rings. The number of carbonyl (C=O) groups is 1. The van der Waals surface area contributed by atoms with Crippen molar-refractivity contribution in [1.29, 1.82) is 0 Å². The topological polar surface area (TPSA) is 88.3 Å². The molecule has 2 aromatic rings. The number of hydrogen-bond donors (Lipinski definition) is 3. The number of aryl methyl sites for hydroxylation is 1. The van der Waals surface area contributed by atoms with Crippen molar-refractivity contribution in [2.75, 3.05) is 0 Å². The predicted octanol–water partition coefficient (Wildman–Crippen LogP) is 2.96. The second-order valence-corrected chi connectivity index (χ2v) is 8.25. The molecule has 9 heteroatoms. The number of hydrazine groups is 1. The van der Waals surface area contributed by atoms with Crippen molar-refractivity contribution in [2.24, 2.45) is 11.8 Å². The van der Waals surface area contributed by atoms with E-state index in [1.807, 2.05) is 0 Å². The highest BCUT2D eigenvalue weighted by atomic mass is 35.5. The van der Waals surface area contributed by atoms with Gasteiger partial charge in [0.2, 0.25) is 5.91 Å². The van der Waals surface area contributed by atoms with E-state index in [0.717, 1.165) is 6.42 Å². The number of aromatic nitrogens is 1. The van der Waals surface area contributed by atoms with Gasteiger partial charge >= 0.3 is 5.76 Å². The van der Waals surface area contributed by atoms with E-state index in [-0.39, 0.29) is 18.9 Å². The summed E-state index contributed by atoms with van der Waals surface area (Å²) in [5.41, 5.74) is 6.33. The third-order valence-corrected chi connectivity index (χ3v) is 5.99. The van der Waals surface area contributed by atoms with Crippen LogP contribution in [0.2, 0.25) is 5.02 Å². The molecule has 7 nitrogen and oxygen atoms in total. The Labute approximate surface area is 173 Å². The van der Waals surface area contributed by atoms with E-state index in [0.29, 0.717) is 39.1 Å². The molecule has 3 N–H and O–H groups in total. The third-order valence-electron chi connectivity index (χ3n) is 5.53. The highest BCUT2D eigenvalue weighted by molar-refractivity contribution is 7.80. The molecule has 152 valence electrons. The SMILES string of the molecule is C[C@@H]1[C@@H](C)CCC[C@H]1NC(=S)NNC(=O)CCn1c(=O)oc2cc(Cl)ccc21. The number of thiocarbonyl (C=S) groups is 1. The molecule has 0 spiro atoms. The first-order valence-corrected chi connectivity index (χ1v) is 10.3. The molecular formula is C19H25ClN4O3S. The average Bonchev–Trinajstić information content (AvgIpc) is 2.96. The number of halogens is 1. The molecular weight excluding hydrogens is 400 g/mol. The largest absolute Gasteiger partial charge is 0.419 e. The number of oxazole rings is 1. The zero-order valence-electron chi connectivity index (χ0n) is 16.0. The van der Waals surface area contributed by atoms with Crippen molar-refractivity contribution in [3.05, 3.63) is 33.8 Å². The Bertz CT molecular complexity index is 926. The number of rotatable bonds is 4. The maximum atomic E-state index is 12.1. The van der Waals surface area contributed by atoms with Gasteiger partial charge in [-0.1, -0.05) is 38.3 Å². The fourth-order valence-electron chi connectivity index (χ4n) is 3.64. The molecule has 3 rings (SSSR count). The minimum absolute atomic E-state index is 0.101. The molecule has 0 unspecified atom stereocenters.